The zero-order valence-corrected chi connectivity index (χ0v) is 21.1. The zero-order valence-electron chi connectivity index (χ0n) is 21.1. The van der Waals surface area contributed by atoms with Gasteiger partial charge in [-0.15, -0.1) is 0 Å². The highest BCUT2D eigenvalue weighted by Gasteiger charge is 2.33. The number of carbonyl (C=O) groups excluding carboxylic acids is 4. The van der Waals surface area contributed by atoms with E-state index in [0.29, 0.717) is 18.4 Å². The summed E-state index contributed by atoms with van der Waals surface area (Å²) in [5.41, 5.74) is 0.649. The first kappa shape index (κ1) is 28.3. The van der Waals surface area contributed by atoms with Gasteiger partial charge >= 0.3 is 5.97 Å². The fourth-order valence-electron chi connectivity index (χ4n) is 3.91. The van der Waals surface area contributed by atoms with E-state index in [1.165, 1.54) is 31.2 Å². The van der Waals surface area contributed by atoms with Crippen molar-refractivity contribution in [1.82, 2.24) is 16.0 Å². The highest BCUT2D eigenvalue weighted by Crippen LogP contribution is 2.17. The molecule has 0 aliphatic carbocycles. The molecule has 1 fully saturated rings. The fourth-order valence-corrected chi connectivity index (χ4v) is 3.91. The summed E-state index contributed by atoms with van der Waals surface area (Å²) in [6, 6.07) is 2.82. The van der Waals surface area contributed by atoms with Crippen molar-refractivity contribution in [3.63, 3.8) is 0 Å². The number of ether oxygens (including phenoxy) is 1. The van der Waals surface area contributed by atoms with Gasteiger partial charge in [0.15, 0.2) is 0 Å². The number of amides is 3. The second-order valence-electron chi connectivity index (χ2n) is 9.31. The quantitative estimate of drug-likeness (QED) is 0.382. The number of halogens is 1. The van der Waals surface area contributed by atoms with Crippen molar-refractivity contribution in [2.45, 2.75) is 96.9 Å². The van der Waals surface area contributed by atoms with E-state index >= 15 is 0 Å². The molecule has 1 saturated heterocycles. The van der Waals surface area contributed by atoms with Gasteiger partial charge in [-0.25, -0.2) is 9.18 Å². The summed E-state index contributed by atoms with van der Waals surface area (Å²) >= 11 is 0. The average molecular weight is 492 g/mol. The largest absolute Gasteiger partial charge is 0.460 e. The summed E-state index contributed by atoms with van der Waals surface area (Å²) in [4.78, 5) is 51.8. The van der Waals surface area contributed by atoms with Crippen LogP contribution in [-0.2, 0) is 30.3 Å². The molecule has 1 aliphatic rings. The van der Waals surface area contributed by atoms with Crippen molar-refractivity contribution >= 4 is 23.7 Å². The lowest BCUT2D eigenvalue weighted by Crippen LogP contribution is -2.55. The summed E-state index contributed by atoms with van der Waals surface area (Å²) in [5.74, 6) is -2.69. The summed E-state index contributed by atoms with van der Waals surface area (Å²) in [7, 11) is 0. The Bertz CT molecular complexity index is 876. The number of benzene rings is 1. The summed E-state index contributed by atoms with van der Waals surface area (Å²) < 4.78 is 19.1. The third kappa shape index (κ3) is 8.96. The number of cyclic esters (lactones) is 1. The van der Waals surface area contributed by atoms with E-state index in [-0.39, 0.29) is 18.8 Å². The van der Waals surface area contributed by atoms with E-state index in [4.69, 9.17) is 4.74 Å². The molecule has 0 aromatic heterocycles. The number of nitrogens with one attached hydrogen (secondary N) is 3. The van der Waals surface area contributed by atoms with Crippen molar-refractivity contribution in [3.8, 4) is 0 Å². The van der Waals surface area contributed by atoms with Gasteiger partial charge in [0.1, 0.15) is 30.0 Å². The number of hydrogen-bond acceptors (Lipinski definition) is 5. The van der Waals surface area contributed by atoms with E-state index in [0.717, 1.165) is 19.3 Å². The smallest absolute Gasteiger partial charge is 0.329 e. The van der Waals surface area contributed by atoms with Crippen molar-refractivity contribution in [2.24, 2.45) is 5.92 Å². The predicted octanol–water partition coefficient (Wildman–Crippen LogP) is 2.78. The molecule has 1 aliphatic heterocycles. The Morgan fingerprint density at radius 1 is 1.00 bits per heavy atom. The summed E-state index contributed by atoms with van der Waals surface area (Å²) in [6.07, 6.45) is 3.14. The zero-order chi connectivity index (χ0) is 26.0. The van der Waals surface area contributed by atoms with Crippen LogP contribution in [0.1, 0.15) is 71.8 Å². The maximum absolute atomic E-state index is 13.3. The van der Waals surface area contributed by atoms with Crippen LogP contribution in [0.5, 0.6) is 0 Å². The molecule has 0 spiro atoms. The Balaban J connectivity index is 2.32. The fraction of sp³-hybridized carbons (Fsp3) is 0.615. The summed E-state index contributed by atoms with van der Waals surface area (Å²) in [5, 5.41) is 8.06. The van der Waals surface area contributed by atoms with Crippen molar-refractivity contribution in [3.05, 3.63) is 35.6 Å². The van der Waals surface area contributed by atoms with Gasteiger partial charge in [-0.05, 0) is 43.4 Å². The van der Waals surface area contributed by atoms with Crippen LogP contribution in [0.25, 0.3) is 0 Å². The van der Waals surface area contributed by atoms with Crippen LogP contribution in [0.4, 0.5) is 4.39 Å². The second-order valence-corrected chi connectivity index (χ2v) is 9.31. The molecular weight excluding hydrogens is 453 g/mol. The van der Waals surface area contributed by atoms with E-state index in [1.807, 2.05) is 13.8 Å². The molecule has 35 heavy (non-hydrogen) atoms. The molecular formula is C26H38FN3O5. The lowest BCUT2D eigenvalue weighted by molar-refractivity contribution is -0.156. The first-order valence-corrected chi connectivity index (χ1v) is 12.5. The van der Waals surface area contributed by atoms with Crippen molar-refractivity contribution < 1.29 is 28.3 Å². The molecule has 2 rings (SSSR count). The predicted molar refractivity (Wildman–Crippen MR) is 130 cm³/mol. The minimum atomic E-state index is -0.985. The molecule has 5 atom stereocenters. The third-order valence-corrected chi connectivity index (χ3v) is 6.35. The molecule has 1 aromatic carbocycles. The second kappa shape index (κ2) is 13.8. The Kier molecular flexibility index (Phi) is 11.1. The van der Waals surface area contributed by atoms with E-state index < -0.39 is 53.7 Å². The Hall–Kier alpha value is -2.97. The number of esters is 1. The molecule has 0 unspecified atom stereocenters. The summed E-state index contributed by atoms with van der Waals surface area (Å²) in [6.45, 7) is 7.31. The Morgan fingerprint density at radius 3 is 2.31 bits per heavy atom. The first-order valence-electron chi connectivity index (χ1n) is 12.5. The van der Waals surface area contributed by atoms with Gasteiger partial charge in [0.05, 0.1) is 6.42 Å². The minimum Gasteiger partial charge on any atom is -0.460 e. The van der Waals surface area contributed by atoms with Crippen LogP contribution in [-0.4, -0.2) is 47.9 Å². The van der Waals surface area contributed by atoms with Gasteiger partial charge in [-0.2, -0.15) is 0 Å². The molecule has 0 radical (unpaired) electrons. The van der Waals surface area contributed by atoms with Crippen LogP contribution in [0, 0.1) is 11.7 Å². The van der Waals surface area contributed by atoms with Gasteiger partial charge in [-0.3, -0.25) is 14.4 Å². The standard InChI is InChI=1S/C26H38FN3O5/c1-5-7-8-9-20-15-22(31)29-21(14-18-10-12-19(27)13-11-18)25(33)28-17(4)24(32)30-23(16(3)6-2)26(34)35-20/h10-13,16-17,20-21,23H,5-9,14-15H2,1-4H3,(H,28,33)(H,29,31)(H,30,32)/t16-,17-,20+,21-,23+/m0/s1. The molecule has 9 heteroatoms. The number of hydrogen-bond donors (Lipinski definition) is 3. The maximum atomic E-state index is 13.3. The average Bonchev–Trinajstić information content (AvgIpc) is 2.82. The highest BCUT2D eigenvalue weighted by molar-refractivity contribution is 5.94. The molecule has 3 N–H and O–H groups in total. The molecule has 8 nitrogen and oxygen atoms in total. The van der Waals surface area contributed by atoms with Crippen molar-refractivity contribution in [1.29, 1.82) is 0 Å². The van der Waals surface area contributed by atoms with E-state index in [2.05, 4.69) is 22.9 Å². The van der Waals surface area contributed by atoms with Crippen LogP contribution in [0.3, 0.4) is 0 Å². The van der Waals surface area contributed by atoms with Crippen LogP contribution in [0.2, 0.25) is 0 Å². The number of unbranched alkanes of at least 4 members (excludes halogenated alkanes) is 2. The lowest BCUT2D eigenvalue weighted by Gasteiger charge is -2.26. The van der Waals surface area contributed by atoms with Gasteiger partial charge in [0.25, 0.3) is 0 Å². The maximum Gasteiger partial charge on any atom is 0.329 e. The van der Waals surface area contributed by atoms with Crippen LogP contribution >= 0.6 is 0 Å². The lowest BCUT2D eigenvalue weighted by atomic mass is 9.98. The number of carbonyl (C=O) groups is 4. The normalized spacial score (nSPS) is 25.2. The highest BCUT2D eigenvalue weighted by atomic mass is 19.1. The van der Waals surface area contributed by atoms with Crippen molar-refractivity contribution in [2.75, 3.05) is 0 Å². The third-order valence-electron chi connectivity index (χ3n) is 6.35. The monoisotopic (exact) mass is 491 g/mol. The SMILES string of the molecule is CCCCC[C@@H]1CC(=O)N[C@@H](Cc2ccc(F)cc2)C(=O)N[C@@H](C)C(=O)N[C@H]([C@@H](C)CC)C(=O)O1. The van der Waals surface area contributed by atoms with Gasteiger partial charge in [0, 0.05) is 6.42 Å². The Morgan fingerprint density at radius 2 is 1.69 bits per heavy atom. The van der Waals surface area contributed by atoms with Gasteiger partial charge in [0.2, 0.25) is 17.7 Å². The molecule has 3 amide bonds. The molecule has 1 aromatic rings. The topological polar surface area (TPSA) is 114 Å². The van der Waals surface area contributed by atoms with Crippen LogP contribution in [0.15, 0.2) is 24.3 Å². The number of rotatable bonds is 8. The minimum absolute atomic E-state index is 0.0978. The van der Waals surface area contributed by atoms with E-state index in [9.17, 15) is 23.6 Å². The van der Waals surface area contributed by atoms with Gasteiger partial charge in [-0.1, -0.05) is 52.2 Å². The molecule has 1 heterocycles. The van der Waals surface area contributed by atoms with E-state index in [1.54, 1.807) is 0 Å². The van der Waals surface area contributed by atoms with Gasteiger partial charge < -0.3 is 20.7 Å². The Labute approximate surface area is 206 Å². The molecule has 0 bridgehead atoms. The first-order chi connectivity index (χ1) is 16.6. The molecule has 0 saturated carbocycles. The van der Waals surface area contributed by atoms with Crippen LogP contribution < -0.4 is 16.0 Å². The molecule has 194 valence electrons.